The van der Waals surface area contributed by atoms with Crippen molar-refractivity contribution < 1.29 is 9.31 Å². The molecule has 0 aliphatic heterocycles. The molecule has 7 nitrogen and oxygen atoms in total. The number of halogens is 2. The van der Waals surface area contributed by atoms with Crippen LogP contribution in [-0.4, -0.2) is 10.6 Å². The Labute approximate surface area is 105 Å². The van der Waals surface area contributed by atoms with Crippen LogP contribution in [0, 0.1) is 38.6 Å². The van der Waals surface area contributed by atoms with Crippen molar-refractivity contribution in [1.29, 1.82) is 10.5 Å². The normalized spacial score (nSPS) is 8.89. The first-order valence-electron chi connectivity index (χ1n) is 4.27. The van der Waals surface area contributed by atoms with Crippen LogP contribution in [0.3, 0.4) is 0 Å². The van der Waals surface area contributed by atoms with E-state index in [1.807, 2.05) is 5.43 Å². The summed E-state index contributed by atoms with van der Waals surface area (Å²) < 4.78 is 13.1. The van der Waals surface area contributed by atoms with Gasteiger partial charge in [-0.2, -0.15) is 15.6 Å². The Bertz CT molecular complexity index is 601. The molecule has 1 N–H and O–H groups in total. The number of rotatable bonds is 3. The molecule has 0 unspecified atom stereocenters. The summed E-state index contributed by atoms with van der Waals surface area (Å²) in [5.41, 5.74) is 0.502. The maximum atomic E-state index is 13.1. The van der Waals surface area contributed by atoms with Crippen LogP contribution in [0.25, 0.3) is 0 Å². The third kappa shape index (κ3) is 2.70. The monoisotopic (exact) mass is 267 g/mol. The quantitative estimate of drug-likeness (QED) is 0.512. The molecule has 0 heterocycles. The Morgan fingerprint density at radius 2 is 2.11 bits per heavy atom. The van der Waals surface area contributed by atoms with Gasteiger partial charge >= 0.3 is 0 Å². The number of nitrogens with zero attached hydrogens (tertiary/aromatic N) is 4. The lowest BCUT2D eigenvalue weighted by Crippen LogP contribution is -2.01. The minimum absolute atomic E-state index is 0.426. The third-order valence-corrected chi connectivity index (χ3v) is 2.13. The molecule has 9 heteroatoms. The van der Waals surface area contributed by atoms with Crippen LogP contribution < -0.4 is 5.43 Å². The van der Waals surface area contributed by atoms with Crippen molar-refractivity contribution in [2.45, 2.75) is 0 Å². The minimum Gasteiger partial charge on any atom is -0.268 e. The molecule has 1 rings (SSSR count). The fourth-order valence-electron chi connectivity index (χ4n) is 0.986. The highest BCUT2D eigenvalue weighted by atomic mass is 35.5. The van der Waals surface area contributed by atoms with E-state index in [4.69, 9.17) is 22.1 Å². The van der Waals surface area contributed by atoms with Gasteiger partial charge in [-0.05, 0) is 6.07 Å². The van der Waals surface area contributed by atoms with Crippen LogP contribution >= 0.6 is 11.6 Å². The Hall–Kier alpha value is -2.71. The zero-order valence-corrected chi connectivity index (χ0v) is 9.27. The van der Waals surface area contributed by atoms with E-state index < -0.39 is 32.8 Å². The zero-order chi connectivity index (χ0) is 13.7. The Kier molecular flexibility index (Phi) is 4.13. The van der Waals surface area contributed by atoms with Crippen molar-refractivity contribution in [2.24, 2.45) is 5.10 Å². The number of anilines is 1. The lowest BCUT2D eigenvalue weighted by atomic mass is 10.2. The number of hydrogen-bond donors (Lipinski definition) is 1. The van der Waals surface area contributed by atoms with Crippen LogP contribution in [-0.2, 0) is 0 Å². The molecule has 0 aliphatic carbocycles. The second-order valence-electron chi connectivity index (χ2n) is 2.81. The van der Waals surface area contributed by atoms with E-state index in [-0.39, 0.29) is 0 Å². The van der Waals surface area contributed by atoms with Crippen molar-refractivity contribution in [2.75, 3.05) is 5.43 Å². The first-order chi connectivity index (χ1) is 8.51. The standard InChI is InChI=1S/C9H3ClFN5O2/c10-8-6(11)1-2-7(16(17)18)9(8)15-14-5(3-12)4-13/h1-2,15H. The molecule has 0 fully saturated rings. The van der Waals surface area contributed by atoms with Crippen LogP contribution in [0.4, 0.5) is 15.8 Å². The predicted octanol–water partition coefficient (Wildman–Crippen LogP) is 2.20. The predicted molar refractivity (Wildman–Crippen MR) is 60.3 cm³/mol. The summed E-state index contributed by atoms with van der Waals surface area (Å²) in [6.07, 6.45) is 0. The molecular weight excluding hydrogens is 265 g/mol. The lowest BCUT2D eigenvalue weighted by Gasteiger charge is -2.04. The average Bonchev–Trinajstić information content (AvgIpc) is 2.35. The van der Waals surface area contributed by atoms with Gasteiger partial charge in [0.05, 0.1) is 4.92 Å². The van der Waals surface area contributed by atoms with Gasteiger partial charge in [0.25, 0.3) is 5.69 Å². The SMILES string of the molecule is N#CC(C#N)=NNc1c([N+](=O)[O-])ccc(F)c1Cl. The third-order valence-electron chi connectivity index (χ3n) is 1.76. The highest BCUT2D eigenvalue weighted by molar-refractivity contribution is 6.34. The fraction of sp³-hybridized carbons (Fsp3) is 0. The fourth-order valence-corrected chi connectivity index (χ4v) is 1.19. The van der Waals surface area contributed by atoms with Gasteiger partial charge in [-0.25, -0.2) is 4.39 Å². The lowest BCUT2D eigenvalue weighted by molar-refractivity contribution is -0.384. The molecule has 0 aliphatic rings. The number of nitro groups is 1. The number of nitriles is 2. The van der Waals surface area contributed by atoms with Gasteiger partial charge in [-0.3, -0.25) is 15.5 Å². The van der Waals surface area contributed by atoms with Gasteiger partial charge < -0.3 is 0 Å². The highest BCUT2D eigenvalue weighted by Crippen LogP contribution is 2.34. The maximum absolute atomic E-state index is 13.1. The Morgan fingerprint density at radius 3 is 2.61 bits per heavy atom. The topological polar surface area (TPSA) is 115 Å². The molecule has 1 aromatic carbocycles. The van der Waals surface area contributed by atoms with Gasteiger partial charge in [-0.1, -0.05) is 11.6 Å². The van der Waals surface area contributed by atoms with E-state index >= 15 is 0 Å². The van der Waals surface area contributed by atoms with Crippen molar-refractivity contribution in [3.8, 4) is 12.1 Å². The van der Waals surface area contributed by atoms with Crippen molar-refractivity contribution in [3.05, 3.63) is 33.1 Å². The molecule has 0 atom stereocenters. The molecule has 0 bridgehead atoms. The molecule has 0 spiro atoms. The van der Waals surface area contributed by atoms with Gasteiger partial charge in [0.2, 0.25) is 5.71 Å². The molecule has 18 heavy (non-hydrogen) atoms. The summed E-state index contributed by atoms with van der Waals surface area (Å²) in [6.45, 7) is 0. The summed E-state index contributed by atoms with van der Waals surface area (Å²) in [6, 6.07) is 4.56. The van der Waals surface area contributed by atoms with Crippen molar-refractivity contribution in [3.63, 3.8) is 0 Å². The van der Waals surface area contributed by atoms with Gasteiger partial charge in [0.1, 0.15) is 23.0 Å². The van der Waals surface area contributed by atoms with Gasteiger partial charge in [0.15, 0.2) is 5.69 Å². The van der Waals surface area contributed by atoms with E-state index in [1.54, 1.807) is 0 Å². The van der Waals surface area contributed by atoms with Crippen LogP contribution in [0.1, 0.15) is 0 Å². The van der Waals surface area contributed by atoms with E-state index in [0.29, 0.717) is 0 Å². The first kappa shape index (κ1) is 13.4. The summed E-state index contributed by atoms with van der Waals surface area (Å²) in [5, 5.41) is 30.2. The maximum Gasteiger partial charge on any atom is 0.295 e. The number of nitro benzene ring substituents is 1. The molecule has 0 saturated carbocycles. The summed E-state index contributed by atoms with van der Waals surface area (Å²) >= 11 is 5.54. The minimum atomic E-state index is -0.893. The van der Waals surface area contributed by atoms with Crippen molar-refractivity contribution >= 4 is 28.7 Å². The van der Waals surface area contributed by atoms with E-state index in [1.165, 1.54) is 12.1 Å². The smallest absolute Gasteiger partial charge is 0.268 e. The van der Waals surface area contributed by atoms with E-state index in [2.05, 4.69) is 5.10 Å². The second-order valence-corrected chi connectivity index (χ2v) is 3.19. The van der Waals surface area contributed by atoms with E-state index in [9.17, 15) is 14.5 Å². The molecular formula is C9H3ClFN5O2. The van der Waals surface area contributed by atoms with Crippen LogP contribution in [0.5, 0.6) is 0 Å². The second kappa shape index (κ2) is 5.57. The number of hydrogen-bond acceptors (Lipinski definition) is 6. The number of nitrogens with one attached hydrogen (secondary N) is 1. The zero-order valence-electron chi connectivity index (χ0n) is 8.52. The summed E-state index contributed by atoms with van der Waals surface area (Å²) in [4.78, 5) is 9.87. The van der Waals surface area contributed by atoms with Gasteiger partial charge in [-0.15, -0.1) is 0 Å². The summed E-state index contributed by atoms with van der Waals surface area (Å²) in [5.74, 6) is -0.893. The largest absolute Gasteiger partial charge is 0.295 e. The number of benzene rings is 1. The molecule has 1 aromatic rings. The molecule has 0 saturated heterocycles. The molecule has 0 radical (unpaired) electrons. The van der Waals surface area contributed by atoms with Crippen LogP contribution in [0.15, 0.2) is 17.2 Å². The molecule has 0 aromatic heterocycles. The van der Waals surface area contributed by atoms with Crippen molar-refractivity contribution in [1.82, 2.24) is 0 Å². The molecule has 0 amide bonds. The summed E-state index contributed by atoms with van der Waals surface area (Å²) in [7, 11) is 0. The van der Waals surface area contributed by atoms with Crippen LogP contribution in [0.2, 0.25) is 5.02 Å². The Morgan fingerprint density at radius 1 is 1.50 bits per heavy atom. The molecule has 90 valence electrons. The van der Waals surface area contributed by atoms with Gasteiger partial charge in [0, 0.05) is 6.07 Å². The highest BCUT2D eigenvalue weighted by Gasteiger charge is 2.20. The first-order valence-corrected chi connectivity index (χ1v) is 4.65. The van der Waals surface area contributed by atoms with E-state index in [0.717, 1.165) is 12.1 Å². The average molecular weight is 268 g/mol. The Balaban J connectivity index is 3.28. The number of hydrazone groups is 1.